The standard InChI is InChI=1S/C13H11ClN2O2S2/c1-7(17)19-8-5-11(18)16(6-8)13-15-12-9(14)3-2-4-10(12)20-13/h2-4,8H,5-6H2,1H3. The summed E-state index contributed by atoms with van der Waals surface area (Å²) in [5.41, 5.74) is 0.727. The quantitative estimate of drug-likeness (QED) is 0.849. The SMILES string of the molecule is CC(=O)SC1CC(=O)N(c2nc3c(Cl)cccc3s2)C1. The molecule has 1 unspecified atom stereocenters. The van der Waals surface area contributed by atoms with Crippen molar-refractivity contribution in [3.8, 4) is 0 Å². The highest BCUT2D eigenvalue weighted by molar-refractivity contribution is 8.14. The Morgan fingerprint density at radius 2 is 2.35 bits per heavy atom. The van der Waals surface area contributed by atoms with E-state index in [1.807, 2.05) is 12.1 Å². The zero-order chi connectivity index (χ0) is 14.3. The molecular formula is C13H11ClN2O2S2. The third-order valence-corrected chi connectivity index (χ3v) is 5.34. The number of fused-ring (bicyclic) bond motifs is 1. The Labute approximate surface area is 129 Å². The van der Waals surface area contributed by atoms with Crippen LogP contribution in [0.3, 0.4) is 0 Å². The number of aromatic nitrogens is 1. The van der Waals surface area contributed by atoms with Crippen molar-refractivity contribution in [1.29, 1.82) is 0 Å². The molecule has 0 radical (unpaired) electrons. The maximum absolute atomic E-state index is 12.1. The van der Waals surface area contributed by atoms with Crippen molar-refractivity contribution < 1.29 is 9.59 Å². The van der Waals surface area contributed by atoms with E-state index in [4.69, 9.17) is 11.6 Å². The molecule has 3 rings (SSSR count). The van der Waals surface area contributed by atoms with Crippen molar-refractivity contribution in [3.05, 3.63) is 23.2 Å². The second kappa shape index (κ2) is 5.35. The number of anilines is 1. The van der Waals surface area contributed by atoms with Crippen molar-refractivity contribution in [2.24, 2.45) is 0 Å². The molecule has 2 aromatic rings. The summed E-state index contributed by atoms with van der Waals surface area (Å²) in [6, 6.07) is 5.59. The minimum atomic E-state index is 0.0129. The Hall–Kier alpha value is -1.11. The molecule has 1 aliphatic rings. The van der Waals surface area contributed by atoms with E-state index in [0.717, 1.165) is 10.2 Å². The third kappa shape index (κ3) is 2.55. The highest BCUT2D eigenvalue weighted by Gasteiger charge is 2.33. The van der Waals surface area contributed by atoms with Crippen LogP contribution in [0.25, 0.3) is 10.2 Å². The summed E-state index contributed by atoms with van der Waals surface area (Å²) in [7, 11) is 0. The van der Waals surface area contributed by atoms with Crippen LogP contribution in [-0.4, -0.2) is 27.8 Å². The first-order valence-corrected chi connectivity index (χ1v) is 8.14. The lowest BCUT2D eigenvalue weighted by Crippen LogP contribution is -2.24. The zero-order valence-corrected chi connectivity index (χ0v) is 13.0. The Balaban J connectivity index is 1.89. The molecule has 104 valence electrons. The molecule has 0 spiro atoms. The Bertz CT molecular complexity index is 701. The van der Waals surface area contributed by atoms with Crippen LogP contribution in [0, 0.1) is 0 Å². The number of halogens is 1. The fourth-order valence-electron chi connectivity index (χ4n) is 2.19. The van der Waals surface area contributed by atoms with Crippen LogP contribution in [0.1, 0.15) is 13.3 Å². The van der Waals surface area contributed by atoms with Gasteiger partial charge in [-0.15, -0.1) is 0 Å². The normalized spacial score (nSPS) is 19.0. The van der Waals surface area contributed by atoms with E-state index in [1.165, 1.54) is 30.0 Å². The first-order chi connectivity index (χ1) is 9.54. The second-order valence-corrected chi connectivity index (χ2v) is 7.42. The summed E-state index contributed by atoms with van der Waals surface area (Å²) in [6.07, 6.45) is 0.383. The number of hydrogen-bond acceptors (Lipinski definition) is 5. The van der Waals surface area contributed by atoms with E-state index in [9.17, 15) is 9.59 Å². The lowest BCUT2D eigenvalue weighted by atomic mass is 10.3. The van der Waals surface area contributed by atoms with E-state index in [0.29, 0.717) is 23.1 Å². The number of amides is 1. The van der Waals surface area contributed by atoms with Crippen molar-refractivity contribution in [1.82, 2.24) is 4.98 Å². The number of para-hydroxylation sites is 1. The largest absolute Gasteiger partial charge is 0.288 e. The van der Waals surface area contributed by atoms with Crippen molar-refractivity contribution >= 4 is 61.1 Å². The molecular weight excluding hydrogens is 316 g/mol. The Morgan fingerprint density at radius 1 is 1.55 bits per heavy atom. The van der Waals surface area contributed by atoms with Gasteiger partial charge in [-0.1, -0.05) is 40.8 Å². The van der Waals surface area contributed by atoms with Crippen LogP contribution < -0.4 is 4.90 Å². The average molecular weight is 327 g/mol. The van der Waals surface area contributed by atoms with Gasteiger partial charge in [0.2, 0.25) is 5.91 Å². The number of thioether (sulfide) groups is 1. The lowest BCUT2D eigenvalue weighted by molar-refractivity contribution is -0.117. The van der Waals surface area contributed by atoms with Crippen molar-refractivity contribution in [3.63, 3.8) is 0 Å². The van der Waals surface area contributed by atoms with E-state index in [1.54, 1.807) is 11.0 Å². The summed E-state index contributed by atoms with van der Waals surface area (Å²) < 4.78 is 0.961. The van der Waals surface area contributed by atoms with E-state index >= 15 is 0 Å². The maximum Gasteiger partial charge on any atom is 0.230 e. The van der Waals surface area contributed by atoms with Crippen LogP contribution in [-0.2, 0) is 9.59 Å². The molecule has 2 heterocycles. The molecule has 1 aromatic heterocycles. The summed E-state index contributed by atoms with van der Waals surface area (Å²) in [5.74, 6) is 0.0129. The Kier molecular flexibility index (Phi) is 3.70. The molecule has 0 aliphatic carbocycles. The number of carbonyl (C=O) groups excluding carboxylic acids is 2. The van der Waals surface area contributed by atoms with Gasteiger partial charge in [0.15, 0.2) is 10.2 Å². The van der Waals surface area contributed by atoms with Crippen LogP contribution in [0.2, 0.25) is 5.02 Å². The summed E-state index contributed by atoms with van der Waals surface area (Å²) in [4.78, 5) is 29.3. The zero-order valence-electron chi connectivity index (χ0n) is 10.6. The first kappa shape index (κ1) is 13.9. The van der Waals surface area contributed by atoms with Crippen molar-refractivity contribution in [2.45, 2.75) is 18.6 Å². The molecule has 1 fully saturated rings. The number of carbonyl (C=O) groups is 2. The van der Waals surface area contributed by atoms with Gasteiger partial charge in [0.1, 0.15) is 5.52 Å². The lowest BCUT2D eigenvalue weighted by Gasteiger charge is -2.11. The molecule has 4 nitrogen and oxygen atoms in total. The van der Waals surface area contributed by atoms with Gasteiger partial charge in [-0.3, -0.25) is 14.5 Å². The van der Waals surface area contributed by atoms with Crippen LogP contribution >= 0.6 is 34.7 Å². The number of rotatable bonds is 2. The van der Waals surface area contributed by atoms with Crippen LogP contribution in [0.4, 0.5) is 5.13 Å². The van der Waals surface area contributed by atoms with E-state index < -0.39 is 0 Å². The number of hydrogen-bond donors (Lipinski definition) is 0. The van der Waals surface area contributed by atoms with E-state index in [2.05, 4.69) is 4.98 Å². The number of thiazole rings is 1. The molecule has 1 aromatic carbocycles. The highest BCUT2D eigenvalue weighted by Crippen LogP contribution is 2.36. The van der Waals surface area contributed by atoms with Crippen LogP contribution in [0.5, 0.6) is 0 Å². The second-order valence-electron chi connectivity index (χ2n) is 4.52. The van der Waals surface area contributed by atoms with Gasteiger partial charge in [0.05, 0.1) is 9.72 Å². The molecule has 1 saturated heterocycles. The molecule has 1 amide bonds. The van der Waals surface area contributed by atoms with E-state index in [-0.39, 0.29) is 16.3 Å². The number of benzene rings is 1. The number of nitrogens with zero attached hydrogens (tertiary/aromatic N) is 2. The fourth-order valence-corrected chi connectivity index (χ4v) is 4.40. The molecule has 0 saturated carbocycles. The smallest absolute Gasteiger partial charge is 0.230 e. The van der Waals surface area contributed by atoms with Gasteiger partial charge in [-0.2, -0.15) is 0 Å². The summed E-state index contributed by atoms with van der Waals surface area (Å²) >= 11 is 8.78. The summed E-state index contributed by atoms with van der Waals surface area (Å²) in [6.45, 7) is 2.05. The summed E-state index contributed by atoms with van der Waals surface area (Å²) in [5, 5.41) is 1.30. The minimum absolute atomic E-state index is 0.0129. The maximum atomic E-state index is 12.1. The van der Waals surface area contributed by atoms with Gasteiger partial charge < -0.3 is 0 Å². The van der Waals surface area contributed by atoms with Crippen LogP contribution in [0.15, 0.2) is 18.2 Å². The fraction of sp³-hybridized carbons (Fsp3) is 0.308. The predicted molar refractivity (Wildman–Crippen MR) is 83.7 cm³/mol. The molecule has 1 atom stereocenters. The molecule has 1 aliphatic heterocycles. The third-order valence-electron chi connectivity index (χ3n) is 3.01. The van der Waals surface area contributed by atoms with Gasteiger partial charge in [0.25, 0.3) is 0 Å². The average Bonchev–Trinajstić information content (AvgIpc) is 2.93. The molecule has 0 N–H and O–H groups in total. The molecule has 7 heteroatoms. The Morgan fingerprint density at radius 3 is 3.05 bits per heavy atom. The molecule has 20 heavy (non-hydrogen) atoms. The van der Waals surface area contributed by atoms with Gasteiger partial charge >= 0.3 is 0 Å². The topological polar surface area (TPSA) is 50.3 Å². The predicted octanol–water partition coefficient (Wildman–Crippen LogP) is 3.33. The molecule has 0 bridgehead atoms. The minimum Gasteiger partial charge on any atom is -0.288 e. The van der Waals surface area contributed by atoms with Gasteiger partial charge in [0, 0.05) is 25.1 Å². The first-order valence-electron chi connectivity index (χ1n) is 6.07. The van der Waals surface area contributed by atoms with Crippen molar-refractivity contribution in [2.75, 3.05) is 11.4 Å². The van der Waals surface area contributed by atoms with Gasteiger partial charge in [-0.25, -0.2) is 4.98 Å². The van der Waals surface area contributed by atoms with Gasteiger partial charge in [-0.05, 0) is 12.1 Å². The highest BCUT2D eigenvalue weighted by atomic mass is 35.5. The monoisotopic (exact) mass is 326 g/mol.